The topological polar surface area (TPSA) is 3.24 Å². The zero-order valence-electron chi connectivity index (χ0n) is 16.4. The first-order chi connectivity index (χ1) is 13.7. The Hall–Kier alpha value is -3.32. The van der Waals surface area contributed by atoms with Gasteiger partial charge in [-0.05, 0) is 59.0 Å². The molecule has 1 heteroatoms. The number of anilines is 3. The second kappa shape index (κ2) is 8.14. The van der Waals surface area contributed by atoms with E-state index in [1.165, 1.54) is 16.7 Å². The van der Waals surface area contributed by atoms with Crippen molar-refractivity contribution in [3.63, 3.8) is 0 Å². The van der Waals surface area contributed by atoms with Crippen LogP contribution in [0.5, 0.6) is 0 Å². The van der Waals surface area contributed by atoms with Gasteiger partial charge in [-0.1, -0.05) is 86.6 Å². The summed E-state index contributed by atoms with van der Waals surface area (Å²) in [6.07, 6.45) is 0. The summed E-state index contributed by atoms with van der Waals surface area (Å²) in [6, 6.07) is 38.7. The SMILES string of the molecule is CC(C)c1ccc(-c2ccc(N(c3ccccc3)c3ccccc3)cc2)cc1. The minimum absolute atomic E-state index is 0.557. The summed E-state index contributed by atoms with van der Waals surface area (Å²) >= 11 is 0. The van der Waals surface area contributed by atoms with Crippen molar-refractivity contribution in [3.8, 4) is 11.1 Å². The van der Waals surface area contributed by atoms with Gasteiger partial charge in [-0.2, -0.15) is 0 Å². The predicted molar refractivity (Wildman–Crippen MR) is 121 cm³/mol. The van der Waals surface area contributed by atoms with Crippen molar-refractivity contribution >= 4 is 17.1 Å². The lowest BCUT2D eigenvalue weighted by Crippen LogP contribution is -2.09. The molecular formula is C27H25N. The summed E-state index contributed by atoms with van der Waals surface area (Å²) in [6.45, 7) is 4.46. The highest BCUT2D eigenvalue weighted by molar-refractivity contribution is 5.78. The highest BCUT2D eigenvalue weighted by atomic mass is 15.1. The highest BCUT2D eigenvalue weighted by Gasteiger charge is 2.11. The van der Waals surface area contributed by atoms with Gasteiger partial charge >= 0.3 is 0 Å². The molecule has 4 aromatic rings. The molecule has 0 radical (unpaired) electrons. The van der Waals surface area contributed by atoms with Crippen molar-refractivity contribution in [2.24, 2.45) is 0 Å². The summed E-state index contributed by atoms with van der Waals surface area (Å²) in [7, 11) is 0. The van der Waals surface area contributed by atoms with Crippen molar-refractivity contribution in [1.82, 2.24) is 0 Å². The zero-order chi connectivity index (χ0) is 19.3. The van der Waals surface area contributed by atoms with E-state index in [-0.39, 0.29) is 0 Å². The number of hydrogen-bond donors (Lipinski definition) is 0. The molecule has 0 aliphatic carbocycles. The van der Waals surface area contributed by atoms with Gasteiger partial charge in [0.2, 0.25) is 0 Å². The third-order valence-electron chi connectivity index (χ3n) is 5.06. The van der Waals surface area contributed by atoms with Crippen LogP contribution in [0.25, 0.3) is 11.1 Å². The van der Waals surface area contributed by atoms with Crippen LogP contribution >= 0.6 is 0 Å². The second-order valence-corrected chi connectivity index (χ2v) is 7.33. The molecule has 0 heterocycles. The van der Waals surface area contributed by atoms with Crippen LogP contribution in [0, 0.1) is 0 Å². The van der Waals surface area contributed by atoms with E-state index in [1.807, 2.05) is 0 Å². The molecule has 138 valence electrons. The maximum Gasteiger partial charge on any atom is 0.0462 e. The largest absolute Gasteiger partial charge is 0.311 e. The van der Waals surface area contributed by atoms with Crippen molar-refractivity contribution < 1.29 is 0 Å². The summed E-state index contributed by atoms with van der Waals surface area (Å²) in [5, 5.41) is 0. The molecule has 0 spiro atoms. The number of hydrogen-bond acceptors (Lipinski definition) is 1. The quantitative estimate of drug-likeness (QED) is 0.348. The fraction of sp³-hybridized carbons (Fsp3) is 0.111. The Labute approximate surface area is 167 Å². The van der Waals surface area contributed by atoms with Gasteiger partial charge in [0.15, 0.2) is 0 Å². The minimum atomic E-state index is 0.557. The maximum atomic E-state index is 2.28. The van der Waals surface area contributed by atoms with Crippen LogP contribution in [0.15, 0.2) is 109 Å². The van der Waals surface area contributed by atoms with E-state index in [9.17, 15) is 0 Å². The first kappa shape index (κ1) is 18.1. The van der Waals surface area contributed by atoms with Crippen LogP contribution < -0.4 is 4.90 Å². The third-order valence-corrected chi connectivity index (χ3v) is 5.06. The first-order valence-corrected chi connectivity index (χ1v) is 9.83. The zero-order valence-corrected chi connectivity index (χ0v) is 16.4. The molecule has 0 aliphatic rings. The summed E-state index contributed by atoms with van der Waals surface area (Å²) in [4.78, 5) is 2.28. The van der Waals surface area contributed by atoms with Crippen LogP contribution in [-0.4, -0.2) is 0 Å². The van der Waals surface area contributed by atoms with Gasteiger partial charge in [-0.25, -0.2) is 0 Å². The lowest BCUT2D eigenvalue weighted by atomic mass is 9.98. The van der Waals surface area contributed by atoms with Gasteiger partial charge < -0.3 is 4.90 Å². The minimum Gasteiger partial charge on any atom is -0.311 e. The lowest BCUT2D eigenvalue weighted by molar-refractivity contribution is 0.867. The predicted octanol–water partition coefficient (Wildman–Crippen LogP) is 7.95. The van der Waals surface area contributed by atoms with E-state index >= 15 is 0 Å². The molecule has 0 atom stereocenters. The molecule has 0 fully saturated rings. The maximum absolute atomic E-state index is 2.28. The molecular weight excluding hydrogens is 338 g/mol. The fourth-order valence-electron chi connectivity index (χ4n) is 3.46. The van der Waals surface area contributed by atoms with Crippen molar-refractivity contribution in [2.75, 3.05) is 4.90 Å². The molecule has 0 aliphatic heterocycles. The van der Waals surface area contributed by atoms with Crippen LogP contribution in [0.3, 0.4) is 0 Å². The average Bonchev–Trinajstić information content (AvgIpc) is 2.76. The normalized spacial score (nSPS) is 10.8. The van der Waals surface area contributed by atoms with E-state index < -0.39 is 0 Å². The fourth-order valence-corrected chi connectivity index (χ4v) is 3.46. The van der Waals surface area contributed by atoms with Gasteiger partial charge in [-0.15, -0.1) is 0 Å². The Morgan fingerprint density at radius 1 is 0.464 bits per heavy atom. The monoisotopic (exact) mass is 363 g/mol. The molecule has 4 rings (SSSR count). The van der Waals surface area contributed by atoms with Crippen LogP contribution in [0.2, 0.25) is 0 Å². The molecule has 0 unspecified atom stereocenters. The first-order valence-electron chi connectivity index (χ1n) is 9.83. The highest BCUT2D eigenvalue weighted by Crippen LogP contribution is 2.35. The summed E-state index contributed by atoms with van der Waals surface area (Å²) in [5.41, 5.74) is 7.33. The van der Waals surface area contributed by atoms with Gasteiger partial charge in [0.05, 0.1) is 0 Å². The van der Waals surface area contributed by atoms with Gasteiger partial charge in [-0.3, -0.25) is 0 Å². The van der Waals surface area contributed by atoms with Gasteiger partial charge in [0.25, 0.3) is 0 Å². The molecule has 0 aromatic heterocycles. The standard InChI is InChI=1S/C27H25N/c1-21(2)22-13-15-23(16-14-22)24-17-19-27(20-18-24)28(25-9-5-3-6-10-25)26-11-7-4-8-12-26/h3-21H,1-2H3. The Kier molecular flexibility index (Phi) is 5.25. The Balaban J connectivity index is 1.69. The average molecular weight is 364 g/mol. The molecule has 0 N–H and O–H groups in total. The van der Waals surface area contributed by atoms with E-state index in [1.54, 1.807) is 0 Å². The number of nitrogens with zero attached hydrogens (tertiary/aromatic N) is 1. The number of rotatable bonds is 5. The van der Waals surface area contributed by atoms with Gasteiger partial charge in [0.1, 0.15) is 0 Å². The van der Waals surface area contributed by atoms with E-state index in [0.717, 1.165) is 17.1 Å². The molecule has 28 heavy (non-hydrogen) atoms. The molecule has 0 saturated carbocycles. The molecule has 4 aromatic carbocycles. The number of benzene rings is 4. The summed E-state index contributed by atoms with van der Waals surface area (Å²) < 4.78 is 0. The van der Waals surface area contributed by atoms with Gasteiger partial charge in [0, 0.05) is 17.1 Å². The lowest BCUT2D eigenvalue weighted by Gasteiger charge is -2.25. The van der Waals surface area contributed by atoms with Crippen LogP contribution in [0.1, 0.15) is 25.3 Å². The Morgan fingerprint density at radius 2 is 0.857 bits per heavy atom. The van der Waals surface area contributed by atoms with Crippen molar-refractivity contribution in [2.45, 2.75) is 19.8 Å². The molecule has 0 saturated heterocycles. The smallest absolute Gasteiger partial charge is 0.0462 e. The second-order valence-electron chi connectivity index (χ2n) is 7.33. The van der Waals surface area contributed by atoms with Crippen LogP contribution in [-0.2, 0) is 0 Å². The Bertz CT molecular complexity index is 962. The number of para-hydroxylation sites is 2. The van der Waals surface area contributed by atoms with Crippen molar-refractivity contribution in [1.29, 1.82) is 0 Å². The molecule has 0 bridgehead atoms. The summed E-state index contributed by atoms with van der Waals surface area (Å²) in [5.74, 6) is 0.557. The third kappa shape index (κ3) is 3.84. The Morgan fingerprint density at radius 3 is 1.29 bits per heavy atom. The van der Waals surface area contributed by atoms with E-state index in [2.05, 4.69) is 128 Å². The molecule has 0 amide bonds. The molecule has 1 nitrogen and oxygen atoms in total. The van der Waals surface area contributed by atoms with E-state index in [0.29, 0.717) is 5.92 Å². The van der Waals surface area contributed by atoms with Crippen LogP contribution in [0.4, 0.5) is 17.1 Å². The van der Waals surface area contributed by atoms with E-state index in [4.69, 9.17) is 0 Å². The van der Waals surface area contributed by atoms with Crippen molar-refractivity contribution in [3.05, 3.63) is 115 Å².